The molecule has 1 unspecified atom stereocenters. The molecule has 0 aliphatic rings. The number of carbonyl (C=O) groups is 1. The van der Waals surface area contributed by atoms with E-state index in [4.69, 9.17) is 4.74 Å². The summed E-state index contributed by atoms with van der Waals surface area (Å²) in [5.74, 6) is 0.711. The van der Waals surface area contributed by atoms with Crippen molar-refractivity contribution < 1.29 is 9.53 Å². The van der Waals surface area contributed by atoms with Crippen LogP contribution in [0.25, 0.3) is 0 Å². The molecule has 0 spiro atoms. The van der Waals surface area contributed by atoms with Gasteiger partial charge in [-0.05, 0) is 51.8 Å². The molecule has 6 nitrogen and oxygen atoms in total. The van der Waals surface area contributed by atoms with E-state index in [1.54, 1.807) is 7.11 Å². The fraction of sp³-hybridized carbons (Fsp3) is 0.600. The Morgan fingerprint density at radius 1 is 1.19 bits per heavy atom. The fourth-order valence-electron chi connectivity index (χ4n) is 2.05. The van der Waals surface area contributed by atoms with Crippen LogP contribution in [0.2, 0.25) is 0 Å². The summed E-state index contributed by atoms with van der Waals surface area (Å²) in [4.78, 5) is 16.7. The van der Waals surface area contributed by atoms with Gasteiger partial charge in [0.2, 0.25) is 0 Å². The van der Waals surface area contributed by atoms with Crippen molar-refractivity contribution in [3.05, 3.63) is 35.4 Å². The van der Waals surface area contributed by atoms with Crippen molar-refractivity contribution in [1.29, 1.82) is 0 Å². The van der Waals surface area contributed by atoms with E-state index >= 15 is 0 Å². The minimum Gasteiger partial charge on any atom is -0.377 e. The van der Waals surface area contributed by atoms with E-state index in [0.29, 0.717) is 18.7 Å². The summed E-state index contributed by atoms with van der Waals surface area (Å²) in [6.45, 7) is 12.1. The van der Waals surface area contributed by atoms with Gasteiger partial charge in [-0.2, -0.15) is 0 Å². The molecule has 26 heavy (non-hydrogen) atoms. The first-order valence-corrected chi connectivity index (χ1v) is 9.28. The van der Waals surface area contributed by atoms with E-state index in [9.17, 15) is 4.79 Å². The Bertz CT molecular complexity index is 582. The Morgan fingerprint density at radius 3 is 2.38 bits per heavy atom. The number of amides is 1. The van der Waals surface area contributed by atoms with Crippen LogP contribution >= 0.6 is 0 Å². The molecule has 1 aromatic rings. The van der Waals surface area contributed by atoms with Crippen molar-refractivity contribution >= 4 is 11.9 Å². The molecule has 6 heteroatoms. The van der Waals surface area contributed by atoms with Gasteiger partial charge in [-0.1, -0.05) is 19.1 Å². The lowest BCUT2D eigenvalue weighted by Crippen LogP contribution is -2.45. The molecule has 1 rings (SSSR count). The molecule has 0 fully saturated rings. The lowest BCUT2D eigenvalue weighted by Gasteiger charge is -2.24. The Kier molecular flexibility index (Phi) is 9.13. The molecule has 0 aromatic heterocycles. The molecule has 0 aliphatic carbocycles. The SMILES string of the molecule is CCNC(=NCc1ccc(C(=O)NC(C)CC)cc1)NCC(C)(C)OC. The summed E-state index contributed by atoms with van der Waals surface area (Å²) in [5.41, 5.74) is 1.46. The highest BCUT2D eigenvalue weighted by Crippen LogP contribution is 2.07. The van der Waals surface area contributed by atoms with Crippen LogP contribution in [0, 0.1) is 0 Å². The summed E-state index contributed by atoms with van der Waals surface area (Å²) >= 11 is 0. The Hall–Kier alpha value is -2.08. The second kappa shape index (κ2) is 10.8. The number of nitrogens with one attached hydrogen (secondary N) is 3. The van der Waals surface area contributed by atoms with Crippen molar-refractivity contribution in [2.45, 2.75) is 59.2 Å². The van der Waals surface area contributed by atoms with E-state index in [-0.39, 0.29) is 17.6 Å². The van der Waals surface area contributed by atoms with Gasteiger partial charge in [-0.25, -0.2) is 4.99 Å². The zero-order valence-electron chi connectivity index (χ0n) is 17.0. The molecule has 146 valence electrons. The topological polar surface area (TPSA) is 74.8 Å². The maximum Gasteiger partial charge on any atom is 0.251 e. The van der Waals surface area contributed by atoms with E-state index in [1.165, 1.54) is 0 Å². The molecule has 0 heterocycles. The van der Waals surface area contributed by atoms with Crippen LogP contribution in [0.3, 0.4) is 0 Å². The van der Waals surface area contributed by atoms with Crippen molar-refractivity contribution in [3.63, 3.8) is 0 Å². The third-order valence-corrected chi connectivity index (χ3v) is 4.20. The van der Waals surface area contributed by atoms with Gasteiger partial charge in [0.1, 0.15) is 0 Å². The predicted molar refractivity (Wildman–Crippen MR) is 108 cm³/mol. The van der Waals surface area contributed by atoms with E-state index in [2.05, 4.69) is 27.9 Å². The minimum absolute atomic E-state index is 0.0359. The lowest BCUT2D eigenvalue weighted by atomic mass is 10.1. The van der Waals surface area contributed by atoms with E-state index < -0.39 is 0 Å². The monoisotopic (exact) mass is 362 g/mol. The number of hydrogen-bond donors (Lipinski definition) is 3. The van der Waals surface area contributed by atoms with Crippen LogP contribution in [0.4, 0.5) is 0 Å². The summed E-state index contributed by atoms with van der Waals surface area (Å²) in [7, 11) is 1.70. The lowest BCUT2D eigenvalue weighted by molar-refractivity contribution is 0.0268. The number of nitrogens with zero attached hydrogens (tertiary/aromatic N) is 1. The first-order valence-electron chi connectivity index (χ1n) is 9.28. The highest BCUT2D eigenvalue weighted by molar-refractivity contribution is 5.94. The number of rotatable bonds is 9. The first kappa shape index (κ1) is 22.0. The van der Waals surface area contributed by atoms with Gasteiger partial charge in [0.15, 0.2) is 5.96 Å². The average Bonchev–Trinajstić information content (AvgIpc) is 2.64. The number of hydrogen-bond acceptors (Lipinski definition) is 3. The van der Waals surface area contributed by atoms with Crippen molar-refractivity contribution in [2.24, 2.45) is 4.99 Å². The van der Waals surface area contributed by atoms with Gasteiger partial charge in [0.05, 0.1) is 12.1 Å². The molecule has 0 bridgehead atoms. The number of guanidine groups is 1. The van der Waals surface area contributed by atoms with Crippen molar-refractivity contribution in [2.75, 3.05) is 20.2 Å². The zero-order chi connectivity index (χ0) is 19.6. The third-order valence-electron chi connectivity index (χ3n) is 4.20. The molecule has 1 atom stereocenters. The summed E-state index contributed by atoms with van der Waals surface area (Å²) < 4.78 is 5.42. The van der Waals surface area contributed by atoms with Gasteiger partial charge in [0.25, 0.3) is 5.91 Å². The second-order valence-electron chi connectivity index (χ2n) is 6.99. The highest BCUT2D eigenvalue weighted by atomic mass is 16.5. The highest BCUT2D eigenvalue weighted by Gasteiger charge is 2.16. The van der Waals surface area contributed by atoms with Crippen molar-refractivity contribution in [3.8, 4) is 0 Å². The van der Waals surface area contributed by atoms with Gasteiger partial charge in [-0.3, -0.25) is 4.79 Å². The Balaban J connectivity index is 2.67. The van der Waals surface area contributed by atoms with E-state index in [1.807, 2.05) is 52.0 Å². The zero-order valence-corrected chi connectivity index (χ0v) is 17.0. The molecular formula is C20H34N4O2. The molecule has 3 N–H and O–H groups in total. The van der Waals surface area contributed by atoms with Crippen LogP contribution < -0.4 is 16.0 Å². The smallest absolute Gasteiger partial charge is 0.251 e. The molecule has 1 amide bonds. The minimum atomic E-state index is -0.263. The molecule has 0 radical (unpaired) electrons. The van der Waals surface area contributed by atoms with Crippen molar-refractivity contribution in [1.82, 2.24) is 16.0 Å². The summed E-state index contributed by atoms with van der Waals surface area (Å²) in [6.07, 6.45) is 0.915. The van der Waals surface area contributed by atoms with Crippen LogP contribution in [0.1, 0.15) is 57.0 Å². The van der Waals surface area contributed by atoms with Crippen LogP contribution in [0.15, 0.2) is 29.3 Å². The van der Waals surface area contributed by atoms with Gasteiger partial charge in [0, 0.05) is 31.8 Å². The average molecular weight is 363 g/mol. The van der Waals surface area contributed by atoms with Crippen LogP contribution in [-0.4, -0.2) is 43.7 Å². The maximum atomic E-state index is 12.1. The van der Waals surface area contributed by atoms with Crippen LogP contribution in [0.5, 0.6) is 0 Å². The predicted octanol–water partition coefficient (Wildman–Crippen LogP) is 2.70. The number of benzene rings is 1. The summed E-state index contributed by atoms with van der Waals surface area (Å²) in [5, 5.41) is 9.49. The largest absolute Gasteiger partial charge is 0.377 e. The Labute approximate surface area is 157 Å². The fourth-order valence-corrected chi connectivity index (χ4v) is 2.05. The molecule has 0 aliphatic heterocycles. The van der Waals surface area contributed by atoms with Gasteiger partial charge >= 0.3 is 0 Å². The Morgan fingerprint density at radius 2 is 1.85 bits per heavy atom. The first-order chi connectivity index (χ1) is 12.3. The number of methoxy groups -OCH3 is 1. The molecular weight excluding hydrogens is 328 g/mol. The number of ether oxygens (including phenoxy) is 1. The molecule has 0 saturated carbocycles. The number of aliphatic imine (C=N–C) groups is 1. The molecule has 0 saturated heterocycles. The quantitative estimate of drug-likeness (QED) is 0.466. The normalized spacial score (nSPS) is 13.2. The van der Waals surface area contributed by atoms with Gasteiger partial charge < -0.3 is 20.7 Å². The van der Waals surface area contributed by atoms with Gasteiger partial charge in [-0.15, -0.1) is 0 Å². The maximum absolute atomic E-state index is 12.1. The van der Waals surface area contributed by atoms with E-state index in [0.717, 1.165) is 24.5 Å². The number of carbonyl (C=O) groups excluding carboxylic acids is 1. The molecule has 1 aromatic carbocycles. The van der Waals surface area contributed by atoms with Crippen LogP contribution in [-0.2, 0) is 11.3 Å². The summed E-state index contributed by atoms with van der Waals surface area (Å²) in [6, 6.07) is 7.75. The third kappa shape index (κ3) is 7.87. The second-order valence-corrected chi connectivity index (χ2v) is 6.99. The standard InChI is InChI=1S/C20H34N4O2/c1-7-15(3)24-18(25)17-11-9-16(10-12-17)13-22-19(21-8-2)23-14-20(4,5)26-6/h9-12,15H,7-8,13-14H2,1-6H3,(H,24,25)(H2,21,22,23).